The summed E-state index contributed by atoms with van der Waals surface area (Å²) < 4.78 is 26.5. The molecule has 0 saturated carbocycles. The molecule has 17 heavy (non-hydrogen) atoms. The molecular weight excluding hydrogens is 258 g/mol. The number of nitrogens with one attached hydrogen (secondary N) is 1. The summed E-state index contributed by atoms with van der Waals surface area (Å²) in [5.74, 6) is 0. The predicted molar refractivity (Wildman–Crippen MR) is 68.5 cm³/mol. The lowest BCUT2D eigenvalue weighted by atomic mass is 10.3. The Labute approximate surface area is 103 Å². The van der Waals surface area contributed by atoms with Crippen LogP contribution in [-0.2, 0) is 10.0 Å². The van der Waals surface area contributed by atoms with Crippen LogP contribution in [0.3, 0.4) is 0 Å². The van der Waals surface area contributed by atoms with Crippen LogP contribution in [0.1, 0.15) is 5.01 Å². The minimum atomic E-state index is -3.54. The van der Waals surface area contributed by atoms with Crippen LogP contribution in [0.4, 0.5) is 11.4 Å². The Bertz CT molecular complexity index is 617. The van der Waals surface area contributed by atoms with E-state index in [0.29, 0.717) is 16.4 Å². The molecule has 0 radical (unpaired) electrons. The molecule has 0 aliphatic carbocycles. The third-order valence-corrected chi connectivity index (χ3v) is 4.78. The number of sulfonamides is 1. The molecule has 0 amide bonds. The molecule has 2 aromatic rings. The highest BCUT2D eigenvalue weighted by Gasteiger charge is 2.16. The maximum Gasteiger partial charge on any atom is 0.273 e. The number of anilines is 2. The SMILES string of the molecule is Cc1ncc(S(=O)(=O)Nc2ccc(N)cc2)s1. The van der Waals surface area contributed by atoms with Crippen molar-refractivity contribution in [2.24, 2.45) is 0 Å². The van der Waals surface area contributed by atoms with Crippen LogP contribution in [0, 0.1) is 6.92 Å². The Balaban J connectivity index is 2.26. The van der Waals surface area contributed by atoms with Crippen LogP contribution in [0.2, 0.25) is 0 Å². The predicted octanol–water partition coefficient (Wildman–Crippen LogP) is 1.83. The highest BCUT2D eigenvalue weighted by atomic mass is 32.2. The van der Waals surface area contributed by atoms with E-state index in [0.717, 1.165) is 11.3 Å². The van der Waals surface area contributed by atoms with E-state index in [9.17, 15) is 8.42 Å². The number of aryl methyl sites for hydroxylation is 1. The van der Waals surface area contributed by atoms with Gasteiger partial charge in [-0.3, -0.25) is 4.72 Å². The standard InChI is InChI=1S/C10H11N3O2S2/c1-7-12-6-10(16-7)17(14,15)13-9-4-2-8(11)3-5-9/h2-6,13H,11H2,1H3. The van der Waals surface area contributed by atoms with Gasteiger partial charge >= 0.3 is 0 Å². The molecule has 1 aromatic heterocycles. The zero-order valence-corrected chi connectivity index (χ0v) is 10.7. The van der Waals surface area contributed by atoms with Crippen LogP contribution in [0.25, 0.3) is 0 Å². The summed E-state index contributed by atoms with van der Waals surface area (Å²) in [6.07, 6.45) is 1.35. The van der Waals surface area contributed by atoms with Gasteiger partial charge in [-0.05, 0) is 31.2 Å². The van der Waals surface area contributed by atoms with Gasteiger partial charge in [0.1, 0.15) is 0 Å². The highest BCUT2D eigenvalue weighted by Crippen LogP contribution is 2.21. The van der Waals surface area contributed by atoms with E-state index in [1.165, 1.54) is 6.20 Å². The number of hydrogen-bond acceptors (Lipinski definition) is 5. The van der Waals surface area contributed by atoms with Crippen molar-refractivity contribution in [1.82, 2.24) is 4.98 Å². The molecular formula is C10H11N3O2S2. The Morgan fingerprint density at radius 2 is 1.94 bits per heavy atom. The normalized spacial score (nSPS) is 11.4. The van der Waals surface area contributed by atoms with Gasteiger partial charge in [-0.1, -0.05) is 0 Å². The summed E-state index contributed by atoms with van der Waals surface area (Å²) in [6.45, 7) is 1.76. The van der Waals surface area contributed by atoms with E-state index in [2.05, 4.69) is 9.71 Å². The first-order chi connectivity index (χ1) is 7.97. The number of benzene rings is 1. The number of rotatable bonds is 3. The Hall–Kier alpha value is -1.60. The zero-order valence-electron chi connectivity index (χ0n) is 9.04. The summed E-state index contributed by atoms with van der Waals surface area (Å²) >= 11 is 1.13. The molecule has 0 aliphatic rings. The fourth-order valence-electron chi connectivity index (χ4n) is 1.22. The fraction of sp³-hybridized carbons (Fsp3) is 0.100. The summed E-state index contributed by atoms with van der Waals surface area (Å²) in [5.41, 5.74) is 6.58. The van der Waals surface area contributed by atoms with Gasteiger partial charge in [0.15, 0.2) is 4.21 Å². The smallest absolute Gasteiger partial charge is 0.273 e. The summed E-state index contributed by atoms with van der Waals surface area (Å²) in [4.78, 5) is 3.92. The fourth-order valence-corrected chi connectivity index (χ4v) is 3.39. The van der Waals surface area contributed by atoms with Crippen LogP contribution >= 0.6 is 11.3 Å². The van der Waals surface area contributed by atoms with Crippen molar-refractivity contribution in [3.05, 3.63) is 35.5 Å². The van der Waals surface area contributed by atoms with Gasteiger partial charge in [0, 0.05) is 11.4 Å². The molecule has 0 saturated heterocycles. The number of hydrogen-bond donors (Lipinski definition) is 2. The Morgan fingerprint density at radius 1 is 1.29 bits per heavy atom. The molecule has 0 fully saturated rings. The van der Waals surface area contributed by atoms with Crippen molar-refractivity contribution in [1.29, 1.82) is 0 Å². The van der Waals surface area contributed by atoms with Gasteiger partial charge in [0.25, 0.3) is 10.0 Å². The first-order valence-corrected chi connectivity index (χ1v) is 7.08. The molecule has 0 unspecified atom stereocenters. The number of nitrogens with two attached hydrogens (primary N) is 1. The van der Waals surface area contributed by atoms with Crippen molar-refractivity contribution in [3.63, 3.8) is 0 Å². The maximum atomic E-state index is 11.9. The lowest BCUT2D eigenvalue weighted by Gasteiger charge is -2.05. The Morgan fingerprint density at radius 3 is 2.47 bits per heavy atom. The number of thiazole rings is 1. The molecule has 0 atom stereocenters. The van der Waals surface area contributed by atoms with E-state index in [-0.39, 0.29) is 4.21 Å². The molecule has 1 aromatic carbocycles. The monoisotopic (exact) mass is 269 g/mol. The van der Waals surface area contributed by atoms with E-state index in [1.807, 2.05) is 0 Å². The molecule has 5 nitrogen and oxygen atoms in total. The number of nitrogen functional groups attached to an aromatic ring is 1. The average molecular weight is 269 g/mol. The Kier molecular flexibility index (Phi) is 3.03. The third-order valence-electron chi connectivity index (χ3n) is 2.03. The second kappa shape index (κ2) is 4.34. The third kappa shape index (κ3) is 2.75. The van der Waals surface area contributed by atoms with Gasteiger partial charge in [-0.15, -0.1) is 11.3 Å². The summed E-state index contributed by atoms with van der Waals surface area (Å²) in [6, 6.07) is 6.49. The number of aromatic nitrogens is 1. The van der Waals surface area contributed by atoms with E-state index >= 15 is 0 Å². The van der Waals surface area contributed by atoms with E-state index in [4.69, 9.17) is 5.73 Å². The second-order valence-corrected chi connectivity index (χ2v) is 6.57. The van der Waals surface area contributed by atoms with Crippen LogP contribution in [0.15, 0.2) is 34.7 Å². The topological polar surface area (TPSA) is 85.1 Å². The molecule has 90 valence electrons. The van der Waals surface area contributed by atoms with Crippen molar-refractivity contribution in [3.8, 4) is 0 Å². The minimum Gasteiger partial charge on any atom is -0.399 e. The first-order valence-electron chi connectivity index (χ1n) is 4.78. The molecule has 7 heteroatoms. The van der Waals surface area contributed by atoms with E-state index < -0.39 is 10.0 Å². The second-order valence-electron chi connectivity index (χ2n) is 3.43. The molecule has 0 bridgehead atoms. The van der Waals surface area contributed by atoms with Gasteiger partial charge < -0.3 is 5.73 Å². The first kappa shape index (κ1) is 11.9. The van der Waals surface area contributed by atoms with Gasteiger partial charge in [-0.2, -0.15) is 0 Å². The molecule has 0 aliphatic heterocycles. The minimum absolute atomic E-state index is 0.201. The maximum absolute atomic E-state index is 11.9. The molecule has 1 heterocycles. The largest absolute Gasteiger partial charge is 0.399 e. The van der Waals surface area contributed by atoms with Gasteiger partial charge in [0.2, 0.25) is 0 Å². The van der Waals surface area contributed by atoms with Crippen molar-refractivity contribution < 1.29 is 8.42 Å². The van der Waals surface area contributed by atoms with Crippen molar-refractivity contribution in [2.75, 3.05) is 10.5 Å². The zero-order chi connectivity index (χ0) is 12.5. The van der Waals surface area contributed by atoms with Crippen molar-refractivity contribution >= 4 is 32.7 Å². The van der Waals surface area contributed by atoms with E-state index in [1.54, 1.807) is 31.2 Å². The summed E-state index contributed by atoms with van der Waals surface area (Å²) in [7, 11) is -3.54. The van der Waals surface area contributed by atoms with Crippen LogP contribution in [0.5, 0.6) is 0 Å². The lowest BCUT2D eigenvalue weighted by Crippen LogP contribution is -2.11. The van der Waals surface area contributed by atoms with Crippen LogP contribution < -0.4 is 10.5 Å². The molecule has 2 rings (SSSR count). The quantitative estimate of drug-likeness (QED) is 0.832. The molecule has 0 spiro atoms. The average Bonchev–Trinajstić information content (AvgIpc) is 2.69. The molecule has 3 N–H and O–H groups in total. The lowest BCUT2D eigenvalue weighted by molar-refractivity contribution is 0.603. The highest BCUT2D eigenvalue weighted by molar-refractivity contribution is 7.94. The number of nitrogens with zero attached hydrogens (tertiary/aromatic N) is 1. The summed E-state index contributed by atoms with van der Waals surface area (Å²) in [5, 5.41) is 0.711. The van der Waals surface area contributed by atoms with Gasteiger partial charge in [0.05, 0.1) is 11.2 Å². The van der Waals surface area contributed by atoms with Crippen LogP contribution in [-0.4, -0.2) is 13.4 Å². The van der Waals surface area contributed by atoms with Gasteiger partial charge in [-0.25, -0.2) is 13.4 Å². The van der Waals surface area contributed by atoms with Crippen molar-refractivity contribution in [2.45, 2.75) is 11.1 Å².